The molecular weight excluding hydrogens is 636 g/mol. The van der Waals surface area contributed by atoms with Crippen LogP contribution in [-0.4, -0.2) is 28.4 Å². The molecule has 0 spiro atoms. The molecule has 282 valence electrons. The molecule has 0 aliphatic carbocycles. The van der Waals surface area contributed by atoms with Crippen molar-refractivity contribution in [3.8, 4) is 0 Å². The van der Waals surface area contributed by atoms with E-state index in [1.807, 2.05) is 6.92 Å². The van der Waals surface area contributed by atoms with Gasteiger partial charge in [0.25, 0.3) is 0 Å². The van der Waals surface area contributed by atoms with Gasteiger partial charge >= 0.3 is 33.7 Å². The Balaban J connectivity index is -0.000000331. The average molecular weight is 715 g/mol. The summed E-state index contributed by atoms with van der Waals surface area (Å²) >= 11 is 0. The second kappa shape index (κ2) is 50.4. The van der Waals surface area contributed by atoms with Gasteiger partial charge in [0.15, 0.2) is 0 Å². The van der Waals surface area contributed by atoms with Gasteiger partial charge in [0.05, 0.1) is 0 Å². The van der Waals surface area contributed by atoms with Gasteiger partial charge < -0.3 is 20.4 Å². The first-order chi connectivity index (χ1) is 22.8. The Morgan fingerprint density at radius 3 is 0.917 bits per heavy atom. The Bertz CT molecular complexity index is 615. The van der Waals surface area contributed by atoms with Crippen LogP contribution in [0.4, 0.5) is 0 Å². The quantitative estimate of drug-likeness (QED) is 0.0302. The molecule has 0 bridgehead atoms. The van der Waals surface area contributed by atoms with Gasteiger partial charge in [0.1, 0.15) is 0 Å². The van der Waals surface area contributed by atoms with Crippen molar-refractivity contribution >= 4 is 11.9 Å². The average Bonchev–Trinajstić information content (AvgIpc) is 3.04. The largest absolute Gasteiger partial charge is 2.00 e. The third-order valence-corrected chi connectivity index (χ3v) is 8.10. The van der Waals surface area contributed by atoms with E-state index in [0.717, 1.165) is 38.5 Å². The first-order valence-electron chi connectivity index (χ1n) is 19.9. The fourth-order valence-corrected chi connectivity index (χ4v) is 5.06. The monoisotopic (exact) mass is 715 g/mol. The fourth-order valence-electron chi connectivity index (χ4n) is 5.06. The van der Waals surface area contributed by atoms with Crippen LogP contribution in [0.1, 0.15) is 220 Å². The number of carboxylic acid groups (broad SMARTS) is 2. The molecule has 0 saturated carbocycles. The van der Waals surface area contributed by atoms with E-state index < -0.39 is 18.2 Å². The van der Waals surface area contributed by atoms with E-state index in [0.29, 0.717) is 12.8 Å². The topological polar surface area (TPSA) is 121 Å². The predicted octanol–water partition coefficient (Wildman–Crippen LogP) is 11.4. The van der Waals surface area contributed by atoms with Crippen LogP contribution in [0.2, 0.25) is 0 Å². The number of hydrogen-bond acceptors (Lipinski definition) is 4. The van der Waals surface area contributed by atoms with Gasteiger partial charge in [-0.2, -0.15) is 0 Å². The van der Waals surface area contributed by atoms with E-state index in [1.54, 1.807) is 0 Å². The molecule has 0 radical (unpaired) electrons. The Hall–Kier alpha value is -0.946. The number of aliphatic carboxylic acids is 2. The third-order valence-electron chi connectivity index (χ3n) is 8.10. The van der Waals surface area contributed by atoms with Gasteiger partial charge in [-0.15, -0.1) is 0 Å². The zero-order valence-electron chi connectivity index (χ0n) is 31.8. The van der Waals surface area contributed by atoms with Crippen LogP contribution in [0.3, 0.4) is 0 Å². The van der Waals surface area contributed by atoms with Crippen LogP contribution in [-0.2, 0) is 31.3 Å². The summed E-state index contributed by atoms with van der Waals surface area (Å²) in [5, 5.41) is 36.5. The van der Waals surface area contributed by atoms with Crippen LogP contribution in [0.25, 0.3) is 0 Å². The molecule has 0 unspecified atom stereocenters. The maximum absolute atomic E-state index is 10.3. The van der Waals surface area contributed by atoms with Gasteiger partial charge in [-0.3, -0.25) is 9.59 Å². The molecule has 0 saturated heterocycles. The maximum atomic E-state index is 10.3. The zero-order valence-corrected chi connectivity index (χ0v) is 33.4. The number of carbonyl (C=O) groups is 2. The Labute approximate surface area is 312 Å². The number of rotatable bonds is 33. The third kappa shape index (κ3) is 63.7. The van der Waals surface area contributed by atoms with E-state index in [1.165, 1.54) is 141 Å². The van der Waals surface area contributed by atoms with Gasteiger partial charge in [-0.25, -0.2) is 6.29 Å². The standard InChI is InChI=1S/2C18H34O2.C5H10O2.Ti/c2*1-2-3-4-5-6-7-8-9-10-11-12-13-14-15-16-17-18(19)20;1-2-3-4-5(6)7;/h2*9-10H,2-8,11-17H2,1H3,(H,19,20);5H,2-4H2,1H3;/q;;-2;+2/b2*10-9-;;. The van der Waals surface area contributed by atoms with Crippen molar-refractivity contribution in [3.63, 3.8) is 0 Å². The molecule has 0 aromatic heterocycles. The number of unbranched alkanes of at least 4 members (excludes halogenated alkanes) is 23. The molecular formula is C41H78O6Ti. The van der Waals surface area contributed by atoms with Crippen LogP contribution in [0.5, 0.6) is 0 Å². The molecule has 0 aliphatic heterocycles. The first kappa shape index (κ1) is 53.8. The van der Waals surface area contributed by atoms with Crippen molar-refractivity contribution in [2.24, 2.45) is 0 Å². The molecule has 0 aliphatic rings. The molecule has 0 rings (SSSR count). The summed E-state index contributed by atoms with van der Waals surface area (Å²) in [6.07, 6.45) is 42.9. The minimum Gasteiger partial charge on any atom is -0.865 e. The van der Waals surface area contributed by atoms with Crippen LogP contribution in [0, 0.1) is 0 Å². The van der Waals surface area contributed by atoms with Crippen molar-refractivity contribution in [2.75, 3.05) is 0 Å². The van der Waals surface area contributed by atoms with Crippen molar-refractivity contribution in [1.82, 2.24) is 0 Å². The van der Waals surface area contributed by atoms with Gasteiger partial charge in [-0.1, -0.05) is 167 Å². The SMILES string of the molecule is CCCCC([O-])[O-].CCCCCCCC/C=C\CCCCCCCC(=O)O.CCCCCCCC/C=C\CCCCCCCC(=O)O.[Ti+2]. The fraction of sp³-hybridized carbons (Fsp3) is 0.854. The van der Waals surface area contributed by atoms with Crippen LogP contribution < -0.4 is 10.2 Å². The summed E-state index contributed by atoms with van der Waals surface area (Å²) in [5.41, 5.74) is 0. The van der Waals surface area contributed by atoms with Crippen molar-refractivity contribution in [3.05, 3.63) is 24.3 Å². The Morgan fingerprint density at radius 1 is 0.438 bits per heavy atom. The number of hydrogen-bond donors (Lipinski definition) is 2. The second-order valence-corrected chi connectivity index (χ2v) is 13.0. The summed E-state index contributed by atoms with van der Waals surface area (Å²) in [5.74, 6) is -1.33. The smallest absolute Gasteiger partial charge is 0.865 e. The van der Waals surface area contributed by atoms with E-state index in [2.05, 4.69) is 38.2 Å². The molecule has 7 heteroatoms. The van der Waals surface area contributed by atoms with E-state index in [-0.39, 0.29) is 28.1 Å². The number of carboxylic acids is 2. The minimum absolute atomic E-state index is 0. The summed E-state index contributed by atoms with van der Waals surface area (Å²) < 4.78 is 0. The maximum Gasteiger partial charge on any atom is 2.00 e. The molecule has 0 aromatic rings. The summed E-state index contributed by atoms with van der Waals surface area (Å²) in [6, 6.07) is 0. The normalized spacial score (nSPS) is 10.9. The zero-order chi connectivity index (χ0) is 35.5. The van der Waals surface area contributed by atoms with Gasteiger partial charge in [0.2, 0.25) is 0 Å². The molecule has 0 aromatic carbocycles. The second-order valence-electron chi connectivity index (χ2n) is 13.0. The molecule has 2 N–H and O–H groups in total. The molecule has 0 atom stereocenters. The first-order valence-corrected chi connectivity index (χ1v) is 19.9. The van der Waals surface area contributed by atoms with E-state index in [4.69, 9.17) is 10.2 Å². The van der Waals surface area contributed by atoms with Crippen LogP contribution >= 0.6 is 0 Å². The molecule has 0 amide bonds. The van der Waals surface area contributed by atoms with Gasteiger partial charge in [-0.05, 0) is 64.2 Å². The molecule has 0 fully saturated rings. The number of allylic oxidation sites excluding steroid dienone is 4. The molecule has 48 heavy (non-hydrogen) atoms. The van der Waals surface area contributed by atoms with Crippen molar-refractivity contribution in [2.45, 2.75) is 226 Å². The Morgan fingerprint density at radius 2 is 0.688 bits per heavy atom. The Kier molecular flexibility index (Phi) is 56.6. The van der Waals surface area contributed by atoms with Crippen molar-refractivity contribution < 1.29 is 51.7 Å². The van der Waals surface area contributed by atoms with Gasteiger partial charge in [0, 0.05) is 12.8 Å². The minimum atomic E-state index is -1.60. The van der Waals surface area contributed by atoms with E-state index >= 15 is 0 Å². The molecule has 0 heterocycles. The molecule has 6 nitrogen and oxygen atoms in total. The summed E-state index contributed by atoms with van der Waals surface area (Å²) in [4.78, 5) is 20.6. The van der Waals surface area contributed by atoms with Crippen LogP contribution in [0.15, 0.2) is 24.3 Å². The summed E-state index contributed by atoms with van der Waals surface area (Å²) in [6.45, 7) is 6.48. The van der Waals surface area contributed by atoms with Crippen molar-refractivity contribution in [1.29, 1.82) is 0 Å². The summed E-state index contributed by atoms with van der Waals surface area (Å²) in [7, 11) is 0. The van der Waals surface area contributed by atoms with E-state index in [9.17, 15) is 19.8 Å². The predicted molar refractivity (Wildman–Crippen MR) is 197 cm³/mol.